The first kappa shape index (κ1) is 28.0. The average molecular weight is 537 g/mol. The van der Waals surface area contributed by atoms with Crippen LogP contribution in [0.2, 0.25) is 5.02 Å². The van der Waals surface area contributed by atoms with E-state index in [0.717, 1.165) is 73.1 Å². The topological polar surface area (TPSA) is 70.2 Å². The Hall–Kier alpha value is -3.03. The van der Waals surface area contributed by atoms with Crippen LogP contribution in [0.1, 0.15) is 50.1 Å². The number of hydrogen-bond acceptors (Lipinski definition) is 7. The number of halogens is 1. The molecule has 0 radical (unpaired) electrons. The van der Waals surface area contributed by atoms with Gasteiger partial charge in [-0.2, -0.15) is 0 Å². The van der Waals surface area contributed by atoms with Crippen LogP contribution in [0.25, 0.3) is 5.70 Å². The smallest absolute Gasteiger partial charge is 0.242 e. The molecule has 4 rings (SSSR count). The van der Waals surface area contributed by atoms with E-state index in [-0.39, 0.29) is 5.88 Å². The van der Waals surface area contributed by atoms with Crippen molar-refractivity contribution in [3.63, 3.8) is 0 Å². The minimum atomic E-state index is 0.102. The number of aliphatic imine (C=N–C) groups is 1. The van der Waals surface area contributed by atoms with Crippen LogP contribution in [0.4, 0.5) is 5.69 Å². The van der Waals surface area contributed by atoms with E-state index in [9.17, 15) is 0 Å². The van der Waals surface area contributed by atoms with E-state index < -0.39 is 0 Å². The van der Waals surface area contributed by atoms with Gasteiger partial charge in [0.15, 0.2) is 5.88 Å². The molecule has 3 heterocycles. The molecule has 0 bridgehead atoms. The summed E-state index contributed by atoms with van der Waals surface area (Å²) in [6.45, 7) is 18.7. The van der Waals surface area contributed by atoms with Crippen molar-refractivity contribution in [2.24, 2.45) is 10.7 Å². The Morgan fingerprint density at radius 1 is 1.13 bits per heavy atom. The van der Waals surface area contributed by atoms with Crippen LogP contribution in [-0.2, 0) is 4.74 Å². The second-order valence-electron chi connectivity index (χ2n) is 10.3. The van der Waals surface area contributed by atoms with Gasteiger partial charge in [0.25, 0.3) is 0 Å². The highest BCUT2D eigenvalue weighted by atomic mass is 35.5. The number of benzene rings is 1. The summed E-state index contributed by atoms with van der Waals surface area (Å²) in [6.07, 6.45) is 3.41. The van der Waals surface area contributed by atoms with Gasteiger partial charge < -0.3 is 20.3 Å². The number of hydrogen-bond donors (Lipinski definition) is 1. The van der Waals surface area contributed by atoms with Crippen LogP contribution in [0.5, 0.6) is 0 Å². The van der Waals surface area contributed by atoms with Gasteiger partial charge in [-0.25, -0.2) is 4.98 Å². The third kappa shape index (κ3) is 6.16. The third-order valence-corrected chi connectivity index (χ3v) is 8.12. The molecule has 0 aliphatic carbocycles. The Labute approximate surface area is 232 Å². The maximum atomic E-state index is 6.07. The molecule has 1 aromatic carbocycles. The number of ether oxygens (including phenoxy) is 1. The summed E-state index contributed by atoms with van der Waals surface area (Å²) in [4.78, 5) is 16.7. The molecule has 204 valence electrons. The lowest BCUT2D eigenvalue weighted by atomic mass is 9.95. The number of aromatic nitrogens is 1. The fraction of sp³-hybridized carbons (Fsp3) is 0.467. The lowest BCUT2D eigenvalue weighted by Gasteiger charge is -2.51. The van der Waals surface area contributed by atoms with Crippen LogP contribution in [0, 0.1) is 6.92 Å². The average Bonchev–Trinajstić information content (AvgIpc) is 2.92. The van der Waals surface area contributed by atoms with Crippen LogP contribution < -0.4 is 10.6 Å². The number of anilines is 1. The molecule has 2 aliphatic heterocycles. The number of pyridine rings is 1. The highest BCUT2D eigenvalue weighted by Gasteiger charge is 2.37. The monoisotopic (exact) mass is 536 g/mol. The standard InChI is InChI=1S/C30H41ClN6O/c1-7-26-19-36(29-13-12-28(34-21(29)3)30(33-6)38-23(5)32)20(2)18-37(26)27-14-16-35(17-15-27)22(4)24-8-10-25(31)11-9-24/h8-13,20,26-27H,4-5,7,14-19,32H2,1-3,6H3/b33-30-/t20-,26+/m1/s1. The zero-order valence-electron chi connectivity index (χ0n) is 23.2. The second kappa shape index (κ2) is 12.2. The van der Waals surface area contributed by atoms with Gasteiger partial charge >= 0.3 is 0 Å². The molecule has 1 aromatic heterocycles. The Morgan fingerprint density at radius 2 is 1.82 bits per heavy atom. The lowest BCUT2D eigenvalue weighted by molar-refractivity contribution is 0.0643. The first-order valence-electron chi connectivity index (χ1n) is 13.5. The van der Waals surface area contributed by atoms with Crippen molar-refractivity contribution in [1.29, 1.82) is 0 Å². The minimum absolute atomic E-state index is 0.102. The summed E-state index contributed by atoms with van der Waals surface area (Å²) >= 11 is 6.07. The van der Waals surface area contributed by atoms with E-state index in [0.29, 0.717) is 29.7 Å². The SMILES string of the molecule is C=C(N)O/C(=N\C)c1ccc(N2C[C@H](CC)N(C3CCN(C(=C)c4ccc(Cl)cc4)CC3)C[C@H]2C)c(C)n1. The van der Waals surface area contributed by atoms with Crippen LogP contribution in [0.15, 0.2) is 60.4 Å². The number of piperazine rings is 1. The summed E-state index contributed by atoms with van der Waals surface area (Å²) in [5, 5.41) is 0.757. The molecule has 2 N–H and O–H groups in total. The molecular weight excluding hydrogens is 496 g/mol. The van der Waals surface area contributed by atoms with Gasteiger partial charge in [-0.3, -0.25) is 9.89 Å². The number of piperidine rings is 1. The third-order valence-electron chi connectivity index (χ3n) is 7.86. The van der Waals surface area contributed by atoms with Gasteiger partial charge in [-0.1, -0.05) is 37.2 Å². The molecular formula is C30H41ClN6O. The van der Waals surface area contributed by atoms with Crippen molar-refractivity contribution in [2.75, 3.05) is 38.1 Å². The largest absolute Gasteiger partial charge is 0.422 e. The molecule has 2 saturated heterocycles. The van der Waals surface area contributed by atoms with E-state index in [1.165, 1.54) is 0 Å². The number of likely N-dealkylation sites (tertiary alicyclic amines) is 1. The minimum Gasteiger partial charge on any atom is -0.422 e. The Bertz CT molecular complexity index is 1170. The first-order chi connectivity index (χ1) is 18.2. The maximum absolute atomic E-state index is 6.07. The normalized spacial score (nSPS) is 21.4. The molecule has 0 unspecified atom stereocenters. The molecule has 2 atom stereocenters. The zero-order valence-corrected chi connectivity index (χ0v) is 23.9. The van der Waals surface area contributed by atoms with Crippen molar-refractivity contribution < 1.29 is 4.74 Å². The van der Waals surface area contributed by atoms with Crippen LogP contribution in [0.3, 0.4) is 0 Å². The summed E-state index contributed by atoms with van der Waals surface area (Å²) < 4.78 is 5.45. The van der Waals surface area contributed by atoms with Gasteiger partial charge in [-0.15, -0.1) is 0 Å². The van der Waals surface area contributed by atoms with Crippen LogP contribution in [-0.4, -0.2) is 72.0 Å². The zero-order chi connectivity index (χ0) is 27.4. The van der Waals surface area contributed by atoms with Crippen LogP contribution >= 0.6 is 11.6 Å². The number of aryl methyl sites for hydroxylation is 1. The van der Waals surface area contributed by atoms with Crippen molar-refractivity contribution in [2.45, 2.75) is 58.2 Å². The molecule has 7 nitrogen and oxygen atoms in total. The molecule has 0 saturated carbocycles. The molecule has 2 aromatic rings. The predicted molar refractivity (Wildman–Crippen MR) is 159 cm³/mol. The van der Waals surface area contributed by atoms with E-state index in [1.54, 1.807) is 7.05 Å². The van der Waals surface area contributed by atoms with Crippen molar-refractivity contribution >= 4 is 28.9 Å². The van der Waals surface area contributed by atoms with Gasteiger partial charge in [0.1, 0.15) is 5.69 Å². The van der Waals surface area contributed by atoms with Gasteiger partial charge in [0, 0.05) is 62.1 Å². The summed E-state index contributed by atoms with van der Waals surface area (Å²) in [7, 11) is 1.66. The van der Waals surface area contributed by atoms with Gasteiger partial charge in [0.2, 0.25) is 5.90 Å². The number of nitrogens with two attached hydrogens (primary N) is 1. The Balaban J connectivity index is 1.41. The van der Waals surface area contributed by atoms with E-state index in [4.69, 9.17) is 27.1 Å². The second-order valence-corrected chi connectivity index (χ2v) is 10.8. The Kier molecular flexibility index (Phi) is 9.00. The number of nitrogens with zero attached hydrogens (tertiary/aromatic N) is 5. The fourth-order valence-electron chi connectivity index (χ4n) is 5.82. The van der Waals surface area contributed by atoms with E-state index in [1.807, 2.05) is 25.1 Å². The Morgan fingerprint density at radius 3 is 2.39 bits per heavy atom. The van der Waals surface area contributed by atoms with E-state index >= 15 is 0 Å². The summed E-state index contributed by atoms with van der Waals surface area (Å²) in [5.41, 5.74) is 10.6. The highest BCUT2D eigenvalue weighted by molar-refractivity contribution is 6.30. The molecule has 2 aliphatic rings. The fourth-order valence-corrected chi connectivity index (χ4v) is 5.94. The first-order valence-corrected chi connectivity index (χ1v) is 13.9. The molecule has 8 heteroatoms. The molecule has 38 heavy (non-hydrogen) atoms. The summed E-state index contributed by atoms with van der Waals surface area (Å²) in [5.74, 6) is 0.478. The van der Waals surface area contributed by atoms with E-state index in [2.05, 4.69) is 64.9 Å². The quantitative estimate of drug-likeness (QED) is 0.294. The van der Waals surface area contributed by atoms with Gasteiger partial charge in [-0.05, 0) is 69.5 Å². The molecule has 0 amide bonds. The van der Waals surface area contributed by atoms with Crippen molar-refractivity contribution in [3.8, 4) is 0 Å². The molecule has 0 spiro atoms. The van der Waals surface area contributed by atoms with Crippen molar-refractivity contribution in [1.82, 2.24) is 14.8 Å². The summed E-state index contributed by atoms with van der Waals surface area (Å²) in [6, 6.07) is 13.6. The molecule has 2 fully saturated rings. The maximum Gasteiger partial charge on any atom is 0.242 e. The predicted octanol–water partition coefficient (Wildman–Crippen LogP) is 5.29. The highest BCUT2D eigenvalue weighted by Crippen LogP contribution is 2.32. The van der Waals surface area contributed by atoms with Crippen molar-refractivity contribution in [3.05, 3.63) is 77.4 Å². The number of rotatable bonds is 7. The van der Waals surface area contributed by atoms with Gasteiger partial charge in [0.05, 0.1) is 11.4 Å². The lowest BCUT2D eigenvalue weighted by Crippen LogP contribution is -2.61.